The highest BCUT2D eigenvalue weighted by atomic mass is 35.5. The standard InChI is InChI=1S/C16H14Cl2N2OS/c17-11-3-1-10(2-4-11)15(21)8-22-9-16-19-13-6-5-12(18)7-14(13)20-16/h1-7,15,21H,8-9H2,(H,19,20). The number of hydrogen-bond donors (Lipinski definition) is 2. The van der Waals surface area contributed by atoms with Crippen LogP contribution in [0.1, 0.15) is 17.5 Å². The number of imidazole rings is 1. The second-order valence-corrected chi connectivity index (χ2v) is 6.83. The Morgan fingerprint density at radius 1 is 1.09 bits per heavy atom. The molecule has 114 valence electrons. The molecule has 6 heteroatoms. The Bertz CT molecular complexity index is 773. The quantitative estimate of drug-likeness (QED) is 0.690. The van der Waals surface area contributed by atoms with Gasteiger partial charge in [-0.1, -0.05) is 35.3 Å². The number of rotatable bonds is 5. The van der Waals surface area contributed by atoms with Crippen molar-refractivity contribution in [1.82, 2.24) is 9.97 Å². The molecule has 0 radical (unpaired) electrons. The number of aromatic amines is 1. The van der Waals surface area contributed by atoms with Gasteiger partial charge in [-0.15, -0.1) is 0 Å². The zero-order valence-electron chi connectivity index (χ0n) is 11.6. The van der Waals surface area contributed by atoms with Gasteiger partial charge in [0.1, 0.15) is 5.82 Å². The summed E-state index contributed by atoms with van der Waals surface area (Å²) in [5, 5.41) is 11.5. The molecule has 0 bridgehead atoms. The lowest BCUT2D eigenvalue weighted by atomic mass is 10.1. The van der Waals surface area contributed by atoms with E-state index in [4.69, 9.17) is 23.2 Å². The van der Waals surface area contributed by atoms with Gasteiger partial charge in [-0.05, 0) is 35.9 Å². The van der Waals surface area contributed by atoms with Gasteiger partial charge in [-0.25, -0.2) is 4.98 Å². The Morgan fingerprint density at radius 3 is 2.59 bits per heavy atom. The van der Waals surface area contributed by atoms with E-state index < -0.39 is 6.10 Å². The zero-order valence-corrected chi connectivity index (χ0v) is 13.9. The van der Waals surface area contributed by atoms with Crippen molar-refractivity contribution in [2.75, 3.05) is 5.75 Å². The van der Waals surface area contributed by atoms with Crippen molar-refractivity contribution in [2.24, 2.45) is 0 Å². The van der Waals surface area contributed by atoms with Gasteiger partial charge < -0.3 is 10.1 Å². The lowest BCUT2D eigenvalue weighted by molar-refractivity contribution is 0.204. The maximum atomic E-state index is 10.2. The second-order valence-electron chi connectivity index (χ2n) is 4.93. The Labute approximate surface area is 142 Å². The average Bonchev–Trinajstić information content (AvgIpc) is 2.89. The second kappa shape index (κ2) is 6.92. The molecule has 3 nitrogen and oxygen atoms in total. The van der Waals surface area contributed by atoms with E-state index in [0.717, 1.165) is 22.4 Å². The number of aromatic nitrogens is 2. The maximum absolute atomic E-state index is 10.2. The van der Waals surface area contributed by atoms with Crippen LogP contribution in [0.4, 0.5) is 0 Å². The number of aliphatic hydroxyl groups is 1. The normalized spacial score (nSPS) is 12.7. The highest BCUT2D eigenvalue weighted by Gasteiger charge is 2.09. The number of hydrogen-bond acceptors (Lipinski definition) is 3. The van der Waals surface area contributed by atoms with Crippen LogP contribution in [-0.4, -0.2) is 20.8 Å². The number of thioether (sulfide) groups is 1. The van der Waals surface area contributed by atoms with Crippen molar-refractivity contribution < 1.29 is 5.11 Å². The predicted octanol–water partition coefficient (Wildman–Crippen LogP) is 4.84. The molecule has 2 aromatic carbocycles. The van der Waals surface area contributed by atoms with Crippen molar-refractivity contribution in [3.05, 3.63) is 63.9 Å². The first-order valence-corrected chi connectivity index (χ1v) is 8.68. The molecular weight excluding hydrogens is 339 g/mol. The molecule has 0 aliphatic carbocycles. The minimum atomic E-state index is -0.513. The number of fused-ring (bicyclic) bond motifs is 1. The zero-order chi connectivity index (χ0) is 15.5. The van der Waals surface area contributed by atoms with Crippen LogP contribution in [0.2, 0.25) is 10.0 Å². The number of nitrogens with one attached hydrogen (secondary N) is 1. The van der Waals surface area contributed by atoms with E-state index >= 15 is 0 Å². The molecule has 0 saturated carbocycles. The molecule has 1 unspecified atom stereocenters. The van der Waals surface area contributed by atoms with Crippen molar-refractivity contribution in [1.29, 1.82) is 0 Å². The van der Waals surface area contributed by atoms with Gasteiger partial charge in [0.25, 0.3) is 0 Å². The Balaban J connectivity index is 1.58. The lowest BCUT2D eigenvalue weighted by Crippen LogP contribution is -2.00. The minimum absolute atomic E-state index is 0.513. The van der Waals surface area contributed by atoms with Crippen LogP contribution in [0.25, 0.3) is 11.0 Å². The Morgan fingerprint density at radius 2 is 1.82 bits per heavy atom. The molecule has 1 aromatic heterocycles. The number of aliphatic hydroxyl groups excluding tert-OH is 1. The smallest absolute Gasteiger partial charge is 0.117 e. The first kappa shape index (κ1) is 15.7. The molecule has 0 fully saturated rings. The van der Waals surface area contributed by atoms with Gasteiger partial charge in [0.15, 0.2) is 0 Å². The first-order valence-electron chi connectivity index (χ1n) is 6.77. The fourth-order valence-electron chi connectivity index (χ4n) is 2.15. The topological polar surface area (TPSA) is 48.9 Å². The fraction of sp³-hybridized carbons (Fsp3) is 0.188. The third kappa shape index (κ3) is 3.76. The van der Waals surface area contributed by atoms with E-state index in [0.29, 0.717) is 21.6 Å². The van der Waals surface area contributed by atoms with Crippen LogP contribution < -0.4 is 0 Å². The lowest BCUT2D eigenvalue weighted by Gasteiger charge is -2.10. The van der Waals surface area contributed by atoms with Crippen molar-refractivity contribution in [3.63, 3.8) is 0 Å². The van der Waals surface area contributed by atoms with Crippen LogP contribution in [0, 0.1) is 0 Å². The first-order chi connectivity index (χ1) is 10.6. The Kier molecular flexibility index (Phi) is 4.93. The van der Waals surface area contributed by atoms with Crippen LogP contribution in [0.5, 0.6) is 0 Å². The number of nitrogens with zero attached hydrogens (tertiary/aromatic N) is 1. The average molecular weight is 353 g/mol. The molecule has 0 aliphatic heterocycles. The Hall–Kier alpha value is -1.20. The van der Waals surface area contributed by atoms with E-state index in [-0.39, 0.29) is 0 Å². The van der Waals surface area contributed by atoms with Crippen LogP contribution in [0.15, 0.2) is 42.5 Å². The molecule has 22 heavy (non-hydrogen) atoms. The summed E-state index contributed by atoms with van der Waals surface area (Å²) in [7, 11) is 0. The van der Waals surface area contributed by atoms with Gasteiger partial charge >= 0.3 is 0 Å². The highest BCUT2D eigenvalue weighted by molar-refractivity contribution is 7.98. The molecule has 0 saturated heterocycles. The largest absolute Gasteiger partial charge is 0.388 e. The van der Waals surface area contributed by atoms with Crippen LogP contribution in [0.3, 0.4) is 0 Å². The van der Waals surface area contributed by atoms with Crippen molar-refractivity contribution >= 4 is 46.0 Å². The third-order valence-corrected chi connectivity index (χ3v) is 4.78. The minimum Gasteiger partial charge on any atom is -0.388 e. The molecule has 0 aliphatic rings. The molecule has 0 spiro atoms. The molecule has 3 aromatic rings. The molecule has 0 amide bonds. The van der Waals surface area contributed by atoms with Crippen molar-refractivity contribution in [2.45, 2.75) is 11.9 Å². The highest BCUT2D eigenvalue weighted by Crippen LogP contribution is 2.23. The predicted molar refractivity (Wildman–Crippen MR) is 93.7 cm³/mol. The fourth-order valence-corrected chi connectivity index (χ4v) is 3.31. The number of benzene rings is 2. The summed E-state index contributed by atoms with van der Waals surface area (Å²) in [6.45, 7) is 0. The molecule has 2 N–H and O–H groups in total. The van der Waals surface area contributed by atoms with Gasteiger partial charge in [-0.3, -0.25) is 0 Å². The summed E-state index contributed by atoms with van der Waals surface area (Å²) in [6, 6.07) is 12.8. The third-order valence-electron chi connectivity index (χ3n) is 3.26. The maximum Gasteiger partial charge on any atom is 0.117 e. The van der Waals surface area contributed by atoms with Crippen molar-refractivity contribution in [3.8, 4) is 0 Å². The van der Waals surface area contributed by atoms with Gasteiger partial charge in [0.05, 0.1) is 22.9 Å². The van der Waals surface area contributed by atoms with Crippen LogP contribution in [-0.2, 0) is 5.75 Å². The summed E-state index contributed by atoms with van der Waals surface area (Å²) in [5.41, 5.74) is 2.70. The van der Waals surface area contributed by atoms with E-state index in [1.807, 2.05) is 30.3 Å². The SMILES string of the molecule is OC(CSCc1nc2ccc(Cl)cc2[nH]1)c1ccc(Cl)cc1. The molecule has 3 rings (SSSR count). The van der Waals surface area contributed by atoms with E-state index in [1.165, 1.54) is 0 Å². The number of halogens is 2. The van der Waals surface area contributed by atoms with Gasteiger partial charge in [0.2, 0.25) is 0 Å². The van der Waals surface area contributed by atoms with Gasteiger partial charge in [0, 0.05) is 15.8 Å². The summed E-state index contributed by atoms with van der Waals surface area (Å²) >= 11 is 13.4. The summed E-state index contributed by atoms with van der Waals surface area (Å²) in [4.78, 5) is 7.74. The number of H-pyrrole nitrogens is 1. The van der Waals surface area contributed by atoms with Gasteiger partial charge in [-0.2, -0.15) is 11.8 Å². The molecule has 1 atom stereocenters. The summed E-state index contributed by atoms with van der Waals surface area (Å²) in [6.07, 6.45) is -0.513. The van der Waals surface area contributed by atoms with E-state index in [2.05, 4.69) is 9.97 Å². The summed E-state index contributed by atoms with van der Waals surface area (Å²) in [5.74, 6) is 2.18. The molecule has 1 heterocycles. The van der Waals surface area contributed by atoms with E-state index in [1.54, 1.807) is 23.9 Å². The summed E-state index contributed by atoms with van der Waals surface area (Å²) < 4.78 is 0. The van der Waals surface area contributed by atoms with Crippen LogP contribution >= 0.6 is 35.0 Å². The monoisotopic (exact) mass is 352 g/mol. The molecular formula is C16H14Cl2N2OS. The van der Waals surface area contributed by atoms with E-state index in [9.17, 15) is 5.11 Å².